The van der Waals surface area contributed by atoms with Crippen molar-refractivity contribution in [2.75, 3.05) is 13.7 Å². The van der Waals surface area contributed by atoms with E-state index in [-0.39, 0.29) is 12.4 Å². The molecule has 0 aliphatic carbocycles. The number of aromatic nitrogens is 4. The number of imidazole rings is 2. The van der Waals surface area contributed by atoms with Gasteiger partial charge in [-0.25, -0.2) is 14.4 Å². The van der Waals surface area contributed by atoms with Crippen LogP contribution < -0.4 is 0 Å². The number of fused-ring (bicyclic) bond motifs is 1. The Bertz CT molecular complexity index is 1140. The first-order valence-corrected chi connectivity index (χ1v) is 8.95. The highest BCUT2D eigenvalue weighted by Gasteiger charge is 2.16. The molecule has 0 amide bonds. The van der Waals surface area contributed by atoms with Gasteiger partial charge in [-0.15, -0.1) is 0 Å². The van der Waals surface area contributed by atoms with E-state index in [0.717, 1.165) is 23.9 Å². The molecule has 3 aromatic heterocycles. The van der Waals surface area contributed by atoms with Crippen molar-refractivity contribution in [3.63, 3.8) is 0 Å². The summed E-state index contributed by atoms with van der Waals surface area (Å²) in [5.41, 5.74) is 4.32. The number of rotatable bonds is 5. The smallest absolute Gasteiger partial charge is 0.144 e. The molecular weight excluding hydrogens is 373 g/mol. The second kappa shape index (κ2) is 9.10. The highest BCUT2D eigenvalue weighted by atomic mass is 19.1. The van der Waals surface area contributed by atoms with Gasteiger partial charge in [-0.2, -0.15) is 5.26 Å². The van der Waals surface area contributed by atoms with E-state index in [1.54, 1.807) is 22.9 Å². The number of pyridine rings is 1. The van der Waals surface area contributed by atoms with Crippen LogP contribution in [0.2, 0.25) is 0 Å². The van der Waals surface area contributed by atoms with Crippen molar-refractivity contribution in [1.82, 2.24) is 18.9 Å². The van der Waals surface area contributed by atoms with Gasteiger partial charge in [0.2, 0.25) is 0 Å². The van der Waals surface area contributed by atoms with Crippen molar-refractivity contribution in [1.29, 1.82) is 5.26 Å². The fraction of sp³-hybridized carbons (Fsp3) is 0.190. The number of aliphatic hydroxyl groups excluding tert-OH is 2. The van der Waals surface area contributed by atoms with E-state index in [4.69, 9.17) is 5.11 Å². The molecule has 4 aromatic rings. The number of benzene rings is 1. The van der Waals surface area contributed by atoms with Gasteiger partial charge in [0.1, 0.15) is 23.2 Å². The maximum atomic E-state index is 13.3. The third-order valence-electron chi connectivity index (χ3n) is 4.41. The molecule has 8 heteroatoms. The second-order valence-corrected chi connectivity index (χ2v) is 6.12. The Hall–Kier alpha value is -3.54. The van der Waals surface area contributed by atoms with Crippen molar-refractivity contribution in [2.24, 2.45) is 0 Å². The Balaban J connectivity index is 0.00000117. The summed E-state index contributed by atoms with van der Waals surface area (Å²) in [4.78, 5) is 8.74. The van der Waals surface area contributed by atoms with E-state index in [2.05, 4.69) is 16.0 Å². The normalized spacial score (nSPS) is 10.4. The van der Waals surface area contributed by atoms with Crippen LogP contribution in [0.5, 0.6) is 0 Å². The van der Waals surface area contributed by atoms with Gasteiger partial charge >= 0.3 is 0 Å². The highest BCUT2D eigenvalue weighted by molar-refractivity contribution is 5.79. The molecule has 0 aliphatic heterocycles. The number of halogens is 1. The molecule has 2 N–H and O–H groups in total. The molecule has 3 heterocycles. The zero-order valence-electron chi connectivity index (χ0n) is 15.8. The molecule has 0 fully saturated rings. The minimum absolute atomic E-state index is 0.0721. The van der Waals surface area contributed by atoms with Crippen molar-refractivity contribution in [3.05, 3.63) is 66.6 Å². The van der Waals surface area contributed by atoms with Crippen LogP contribution in [0.15, 0.2) is 55.1 Å². The van der Waals surface area contributed by atoms with E-state index >= 15 is 0 Å². The van der Waals surface area contributed by atoms with E-state index < -0.39 is 0 Å². The van der Waals surface area contributed by atoms with Gasteiger partial charge in [0, 0.05) is 37.6 Å². The fourth-order valence-electron chi connectivity index (χ4n) is 3.12. The minimum atomic E-state index is -0.307. The first-order valence-electron chi connectivity index (χ1n) is 8.95. The second-order valence-electron chi connectivity index (χ2n) is 6.12. The molecule has 0 saturated carbocycles. The van der Waals surface area contributed by atoms with Crippen LogP contribution in [0, 0.1) is 17.1 Å². The summed E-state index contributed by atoms with van der Waals surface area (Å²) in [5.74, 6) is -0.307. The quantitative estimate of drug-likeness (QED) is 0.543. The number of hydrogen-bond acceptors (Lipinski definition) is 5. The average Bonchev–Trinajstić information content (AvgIpc) is 3.37. The summed E-state index contributed by atoms with van der Waals surface area (Å²) < 4.78 is 17.0. The molecule has 0 unspecified atom stereocenters. The number of hydrogen-bond donors (Lipinski definition) is 2. The van der Waals surface area contributed by atoms with Gasteiger partial charge in [-0.05, 0) is 42.8 Å². The topological polar surface area (TPSA) is 99.4 Å². The van der Waals surface area contributed by atoms with Crippen molar-refractivity contribution >= 4 is 5.65 Å². The molecule has 29 heavy (non-hydrogen) atoms. The third kappa shape index (κ3) is 4.01. The maximum absolute atomic E-state index is 13.3. The van der Waals surface area contributed by atoms with Crippen molar-refractivity contribution in [3.8, 4) is 28.6 Å². The van der Waals surface area contributed by atoms with Gasteiger partial charge < -0.3 is 14.8 Å². The first-order chi connectivity index (χ1) is 14.2. The lowest BCUT2D eigenvalue weighted by Crippen LogP contribution is -2.02. The number of aliphatic hydroxyl groups is 2. The fourth-order valence-corrected chi connectivity index (χ4v) is 3.12. The summed E-state index contributed by atoms with van der Waals surface area (Å²) in [6, 6.07) is 12.1. The molecule has 148 valence electrons. The summed E-state index contributed by atoms with van der Waals surface area (Å²) in [6.45, 7) is 0.662. The van der Waals surface area contributed by atoms with Gasteiger partial charge in [0.15, 0.2) is 0 Å². The largest absolute Gasteiger partial charge is 0.400 e. The number of nitriles is 1. The van der Waals surface area contributed by atoms with Crippen LogP contribution in [-0.2, 0) is 6.54 Å². The third-order valence-corrected chi connectivity index (χ3v) is 4.41. The lowest BCUT2D eigenvalue weighted by atomic mass is 10.1. The Morgan fingerprint density at radius 1 is 1.07 bits per heavy atom. The Morgan fingerprint density at radius 2 is 1.79 bits per heavy atom. The van der Waals surface area contributed by atoms with E-state index in [1.807, 2.05) is 22.9 Å². The summed E-state index contributed by atoms with van der Waals surface area (Å²) in [6.07, 6.45) is 5.68. The molecule has 0 bridgehead atoms. The Morgan fingerprint density at radius 3 is 2.48 bits per heavy atom. The molecule has 0 saturated heterocycles. The van der Waals surface area contributed by atoms with Crippen LogP contribution in [0.25, 0.3) is 28.2 Å². The van der Waals surface area contributed by atoms with Crippen LogP contribution in [0.1, 0.15) is 12.1 Å². The Kier molecular flexibility index (Phi) is 6.34. The van der Waals surface area contributed by atoms with E-state index in [0.29, 0.717) is 30.0 Å². The standard InChI is InChI=1S/C20H16FN5O.CH4O/c21-16-5-2-14(3-6-16)19-20(25(13-24-19)8-1-9-27)15-4-7-18-23-11-17(10-22)26(18)12-15;1-2/h2-7,11-13,27H,1,8-9H2;2H,1H3. The van der Waals surface area contributed by atoms with Crippen LogP contribution in [0.3, 0.4) is 0 Å². The van der Waals surface area contributed by atoms with Gasteiger partial charge in [-0.3, -0.25) is 4.40 Å². The van der Waals surface area contributed by atoms with Gasteiger partial charge in [-0.1, -0.05) is 0 Å². The zero-order valence-corrected chi connectivity index (χ0v) is 15.8. The predicted molar refractivity (Wildman–Crippen MR) is 106 cm³/mol. The molecular formula is C21H20FN5O2. The van der Waals surface area contributed by atoms with Crippen molar-refractivity contribution < 1.29 is 14.6 Å². The van der Waals surface area contributed by atoms with Crippen molar-refractivity contribution in [2.45, 2.75) is 13.0 Å². The molecule has 4 rings (SSSR count). The summed E-state index contributed by atoms with van der Waals surface area (Å²) >= 11 is 0. The SMILES string of the molecule is CO.N#Cc1cnc2ccc(-c3c(-c4ccc(F)cc4)ncn3CCCO)cn12. The highest BCUT2D eigenvalue weighted by Crippen LogP contribution is 2.32. The van der Waals surface area contributed by atoms with E-state index in [1.165, 1.54) is 18.3 Å². The van der Waals surface area contributed by atoms with Gasteiger partial charge in [0.25, 0.3) is 0 Å². The maximum Gasteiger partial charge on any atom is 0.144 e. The molecule has 0 radical (unpaired) electrons. The monoisotopic (exact) mass is 393 g/mol. The zero-order chi connectivity index (χ0) is 20.8. The number of aryl methyl sites for hydroxylation is 1. The van der Waals surface area contributed by atoms with E-state index in [9.17, 15) is 14.8 Å². The number of nitrogens with zero attached hydrogens (tertiary/aromatic N) is 5. The lowest BCUT2D eigenvalue weighted by Gasteiger charge is -2.11. The molecule has 1 aromatic carbocycles. The molecule has 0 spiro atoms. The molecule has 7 nitrogen and oxygen atoms in total. The molecule has 0 atom stereocenters. The van der Waals surface area contributed by atoms with Crippen LogP contribution >= 0.6 is 0 Å². The van der Waals surface area contributed by atoms with Crippen LogP contribution in [-0.4, -0.2) is 42.9 Å². The first kappa shape index (κ1) is 20.2. The summed E-state index contributed by atoms with van der Waals surface area (Å²) in [5, 5.41) is 25.5. The summed E-state index contributed by atoms with van der Waals surface area (Å²) in [7, 11) is 1.00. The lowest BCUT2D eigenvalue weighted by molar-refractivity contribution is 0.280. The van der Waals surface area contributed by atoms with Gasteiger partial charge in [0.05, 0.1) is 23.9 Å². The molecule has 0 aliphatic rings. The minimum Gasteiger partial charge on any atom is -0.400 e. The van der Waals surface area contributed by atoms with Crippen LogP contribution in [0.4, 0.5) is 4.39 Å². The Labute approximate surface area is 166 Å². The average molecular weight is 393 g/mol. The predicted octanol–water partition coefficient (Wildman–Crippen LogP) is 2.87.